The molecule has 1 fully saturated rings. The molecule has 5 heteroatoms. The molecule has 1 aliphatic rings. The van der Waals surface area contributed by atoms with Crippen LogP contribution in [0.15, 0.2) is 48.5 Å². The highest BCUT2D eigenvalue weighted by Crippen LogP contribution is 2.26. The minimum Gasteiger partial charge on any atom is -0.496 e. The first kappa shape index (κ1) is 19.2. The Morgan fingerprint density at radius 3 is 2.52 bits per heavy atom. The molecule has 0 aromatic heterocycles. The van der Waals surface area contributed by atoms with Gasteiger partial charge in [-0.05, 0) is 38.0 Å². The van der Waals surface area contributed by atoms with E-state index in [1.165, 1.54) is 0 Å². The fraction of sp³-hybridized carbons (Fsp3) is 0.409. The number of amides is 1. The molecule has 1 N–H and O–H groups in total. The number of benzene rings is 2. The Balaban J connectivity index is 1.54. The Bertz CT molecular complexity index is 767. The quantitative estimate of drug-likeness (QED) is 0.850. The Morgan fingerprint density at radius 2 is 1.85 bits per heavy atom. The lowest BCUT2D eigenvalue weighted by Crippen LogP contribution is -2.49. The number of aryl methyl sites for hydroxylation is 1. The smallest absolute Gasteiger partial charge is 0.227 e. The number of hydrogen-bond acceptors (Lipinski definition) is 4. The number of rotatable bonds is 6. The molecule has 0 atom stereocenters. The second-order valence-electron chi connectivity index (χ2n) is 7.20. The predicted octanol–water partition coefficient (Wildman–Crippen LogP) is 2.98. The standard InChI is InChI=1S/C22H27NO4/c1-17-8-9-20(26-2)18(14-17)15-21(24)23-12-10-22(25,11-13-23)16-27-19-6-4-3-5-7-19/h3-9,14,25H,10-13,15-16H2,1-2H3. The van der Waals surface area contributed by atoms with E-state index in [0.29, 0.717) is 32.4 Å². The first-order valence-corrected chi connectivity index (χ1v) is 9.31. The molecule has 2 aromatic carbocycles. The summed E-state index contributed by atoms with van der Waals surface area (Å²) < 4.78 is 11.1. The Labute approximate surface area is 160 Å². The second-order valence-corrected chi connectivity index (χ2v) is 7.20. The summed E-state index contributed by atoms with van der Waals surface area (Å²) in [5.41, 5.74) is 1.11. The molecule has 1 aliphatic heterocycles. The van der Waals surface area contributed by atoms with Crippen LogP contribution in [-0.2, 0) is 11.2 Å². The average Bonchev–Trinajstić information content (AvgIpc) is 2.68. The van der Waals surface area contributed by atoms with Gasteiger partial charge in [-0.2, -0.15) is 0 Å². The van der Waals surface area contributed by atoms with Crippen LogP contribution in [0.5, 0.6) is 11.5 Å². The number of carbonyl (C=O) groups is 1. The van der Waals surface area contributed by atoms with E-state index >= 15 is 0 Å². The van der Waals surface area contributed by atoms with E-state index in [4.69, 9.17) is 9.47 Å². The number of hydrogen-bond donors (Lipinski definition) is 1. The van der Waals surface area contributed by atoms with Gasteiger partial charge < -0.3 is 19.5 Å². The van der Waals surface area contributed by atoms with E-state index in [9.17, 15) is 9.90 Å². The third-order valence-electron chi connectivity index (χ3n) is 5.08. The summed E-state index contributed by atoms with van der Waals surface area (Å²) in [5, 5.41) is 10.8. The SMILES string of the molecule is COc1ccc(C)cc1CC(=O)N1CCC(O)(COc2ccccc2)CC1. The first-order chi connectivity index (χ1) is 13.0. The first-order valence-electron chi connectivity index (χ1n) is 9.31. The number of piperidine rings is 1. The van der Waals surface area contributed by atoms with Gasteiger partial charge in [0.05, 0.1) is 13.5 Å². The van der Waals surface area contributed by atoms with Crippen LogP contribution >= 0.6 is 0 Å². The van der Waals surface area contributed by atoms with Crippen molar-refractivity contribution >= 4 is 5.91 Å². The lowest BCUT2D eigenvalue weighted by molar-refractivity contribution is -0.135. The number of aliphatic hydroxyl groups is 1. The minimum atomic E-state index is -0.895. The molecule has 0 unspecified atom stereocenters. The Hall–Kier alpha value is -2.53. The molecule has 27 heavy (non-hydrogen) atoms. The van der Waals surface area contributed by atoms with Crippen molar-refractivity contribution in [3.8, 4) is 11.5 Å². The highest BCUT2D eigenvalue weighted by atomic mass is 16.5. The molecular formula is C22H27NO4. The molecular weight excluding hydrogens is 342 g/mol. The maximum Gasteiger partial charge on any atom is 0.227 e. The van der Waals surface area contributed by atoms with E-state index < -0.39 is 5.60 Å². The topological polar surface area (TPSA) is 59.0 Å². The summed E-state index contributed by atoms with van der Waals surface area (Å²) in [7, 11) is 1.62. The fourth-order valence-corrected chi connectivity index (χ4v) is 3.37. The van der Waals surface area contributed by atoms with Crippen molar-refractivity contribution in [2.45, 2.75) is 31.8 Å². The van der Waals surface area contributed by atoms with Crippen molar-refractivity contribution in [1.29, 1.82) is 0 Å². The average molecular weight is 369 g/mol. The summed E-state index contributed by atoms with van der Waals surface area (Å²) in [5.74, 6) is 1.54. The Morgan fingerprint density at radius 1 is 1.15 bits per heavy atom. The normalized spacial score (nSPS) is 16.0. The van der Waals surface area contributed by atoms with Crippen LogP contribution in [-0.4, -0.2) is 48.3 Å². The van der Waals surface area contributed by atoms with Crippen LogP contribution in [0.1, 0.15) is 24.0 Å². The van der Waals surface area contributed by atoms with Gasteiger partial charge in [-0.3, -0.25) is 4.79 Å². The van der Waals surface area contributed by atoms with Gasteiger partial charge in [0.1, 0.15) is 23.7 Å². The molecule has 1 saturated heterocycles. The monoisotopic (exact) mass is 369 g/mol. The summed E-state index contributed by atoms with van der Waals surface area (Å²) >= 11 is 0. The lowest BCUT2D eigenvalue weighted by Gasteiger charge is -2.38. The maximum atomic E-state index is 12.7. The molecule has 0 bridgehead atoms. The maximum absolute atomic E-state index is 12.7. The molecule has 0 spiro atoms. The van der Waals surface area contributed by atoms with Crippen molar-refractivity contribution in [3.05, 3.63) is 59.7 Å². The predicted molar refractivity (Wildman–Crippen MR) is 104 cm³/mol. The van der Waals surface area contributed by atoms with E-state index in [1.807, 2.05) is 60.4 Å². The molecule has 5 nitrogen and oxygen atoms in total. The van der Waals surface area contributed by atoms with Crippen LogP contribution in [0.2, 0.25) is 0 Å². The van der Waals surface area contributed by atoms with Crippen LogP contribution < -0.4 is 9.47 Å². The van der Waals surface area contributed by atoms with Crippen molar-refractivity contribution in [2.24, 2.45) is 0 Å². The molecule has 2 aromatic rings. The number of methoxy groups -OCH3 is 1. The van der Waals surface area contributed by atoms with Crippen molar-refractivity contribution in [1.82, 2.24) is 4.90 Å². The number of nitrogens with zero attached hydrogens (tertiary/aromatic N) is 1. The third-order valence-corrected chi connectivity index (χ3v) is 5.08. The zero-order chi connectivity index (χ0) is 19.3. The molecule has 0 aliphatic carbocycles. The zero-order valence-electron chi connectivity index (χ0n) is 16.0. The Kier molecular flexibility index (Phi) is 6.01. The molecule has 1 heterocycles. The van der Waals surface area contributed by atoms with Gasteiger partial charge in [-0.25, -0.2) is 0 Å². The largest absolute Gasteiger partial charge is 0.496 e. The minimum absolute atomic E-state index is 0.0601. The van der Waals surface area contributed by atoms with Crippen LogP contribution in [0.25, 0.3) is 0 Å². The summed E-state index contributed by atoms with van der Waals surface area (Å²) in [6.45, 7) is 3.30. The summed E-state index contributed by atoms with van der Waals surface area (Å²) in [6.07, 6.45) is 1.33. The van der Waals surface area contributed by atoms with E-state index in [0.717, 1.165) is 22.6 Å². The fourth-order valence-electron chi connectivity index (χ4n) is 3.37. The molecule has 0 saturated carbocycles. The second kappa shape index (κ2) is 8.44. The molecule has 144 valence electrons. The van der Waals surface area contributed by atoms with E-state index in [2.05, 4.69) is 0 Å². The van der Waals surface area contributed by atoms with E-state index in [1.54, 1.807) is 7.11 Å². The van der Waals surface area contributed by atoms with Gasteiger partial charge >= 0.3 is 0 Å². The van der Waals surface area contributed by atoms with Gasteiger partial charge in [0, 0.05) is 18.7 Å². The zero-order valence-corrected chi connectivity index (χ0v) is 16.0. The molecule has 3 rings (SSSR count). The molecule has 0 radical (unpaired) electrons. The van der Waals surface area contributed by atoms with Gasteiger partial charge in [0.25, 0.3) is 0 Å². The van der Waals surface area contributed by atoms with Crippen molar-refractivity contribution < 1.29 is 19.4 Å². The van der Waals surface area contributed by atoms with Gasteiger partial charge in [-0.1, -0.05) is 35.9 Å². The number of para-hydroxylation sites is 1. The van der Waals surface area contributed by atoms with Gasteiger partial charge in [0.2, 0.25) is 5.91 Å². The van der Waals surface area contributed by atoms with Gasteiger partial charge in [-0.15, -0.1) is 0 Å². The van der Waals surface area contributed by atoms with Crippen molar-refractivity contribution in [2.75, 3.05) is 26.8 Å². The molecule has 1 amide bonds. The highest BCUT2D eigenvalue weighted by Gasteiger charge is 2.34. The van der Waals surface area contributed by atoms with Crippen LogP contribution in [0.4, 0.5) is 0 Å². The third kappa shape index (κ3) is 5.01. The van der Waals surface area contributed by atoms with Crippen LogP contribution in [0.3, 0.4) is 0 Å². The summed E-state index contributed by atoms with van der Waals surface area (Å²) in [6, 6.07) is 15.3. The number of carbonyl (C=O) groups excluding carboxylic acids is 1. The van der Waals surface area contributed by atoms with Gasteiger partial charge in [0.15, 0.2) is 0 Å². The highest BCUT2D eigenvalue weighted by molar-refractivity contribution is 5.79. The van der Waals surface area contributed by atoms with Crippen LogP contribution in [0, 0.1) is 6.92 Å². The van der Waals surface area contributed by atoms with Crippen molar-refractivity contribution in [3.63, 3.8) is 0 Å². The number of ether oxygens (including phenoxy) is 2. The summed E-state index contributed by atoms with van der Waals surface area (Å²) in [4.78, 5) is 14.5. The lowest BCUT2D eigenvalue weighted by atomic mass is 9.92. The van der Waals surface area contributed by atoms with E-state index in [-0.39, 0.29) is 12.5 Å². The number of likely N-dealkylation sites (tertiary alicyclic amines) is 1.